The van der Waals surface area contributed by atoms with Crippen LogP contribution in [0, 0.1) is 10.1 Å². The van der Waals surface area contributed by atoms with Crippen LogP contribution in [-0.4, -0.2) is 23.6 Å². The fourth-order valence-electron chi connectivity index (χ4n) is 5.16. The summed E-state index contributed by atoms with van der Waals surface area (Å²) in [5.41, 5.74) is 1.99. The van der Waals surface area contributed by atoms with E-state index < -0.39 is 11.1 Å². The maximum atomic E-state index is 12.3. The summed E-state index contributed by atoms with van der Waals surface area (Å²) in [6.07, 6.45) is 23.6. The molecule has 0 fully saturated rings. The van der Waals surface area contributed by atoms with E-state index in [4.69, 9.17) is 9.47 Å². The van der Waals surface area contributed by atoms with Gasteiger partial charge in [-0.2, -0.15) is 0 Å². The Balaban J connectivity index is 1.41. The van der Waals surface area contributed by atoms with Crippen molar-refractivity contribution >= 4 is 23.4 Å². The largest absolute Gasteiger partial charge is 0.513 e. The number of ether oxygens (including phenoxy) is 2. The number of nitro groups is 1. The summed E-state index contributed by atoms with van der Waals surface area (Å²) in [6.45, 7) is 2.39. The van der Waals surface area contributed by atoms with Gasteiger partial charge in [-0.25, -0.2) is 4.79 Å². The van der Waals surface area contributed by atoms with Gasteiger partial charge in [-0.15, -0.1) is 0 Å². The van der Waals surface area contributed by atoms with Crippen molar-refractivity contribution < 1.29 is 24.0 Å². The number of amides is 1. The van der Waals surface area contributed by atoms with E-state index in [2.05, 4.69) is 24.4 Å². The lowest BCUT2D eigenvalue weighted by Gasteiger charge is -2.08. The first-order valence-corrected chi connectivity index (χ1v) is 17.0. The van der Waals surface area contributed by atoms with Crippen LogP contribution in [0.2, 0.25) is 0 Å². The molecule has 0 spiro atoms. The molecule has 2 aromatic carbocycles. The third-order valence-electron chi connectivity index (χ3n) is 7.82. The monoisotopic (exact) mass is 610 g/mol. The van der Waals surface area contributed by atoms with Crippen molar-refractivity contribution in [2.45, 2.75) is 135 Å². The number of hydrogen-bond acceptors (Lipinski definition) is 6. The number of nitro benzene ring substituents is 1. The third kappa shape index (κ3) is 18.3. The first kappa shape index (κ1) is 36.8. The van der Waals surface area contributed by atoms with Gasteiger partial charge >= 0.3 is 6.16 Å². The molecular weight excluding hydrogens is 556 g/mol. The number of unbranched alkanes of at least 4 members (excludes halogenated alkanes) is 16. The lowest BCUT2D eigenvalue weighted by atomic mass is 10.0. The highest BCUT2D eigenvalue weighted by Gasteiger charge is 2.10. The smallest absolute Gasteiger partial charge is 0.434 e. The van der Waals surface area contributed by atoms with Crippen LogP contribution >= 0.6 is 0 Å². The van der Waals surface area contributed by atoms with Crippen molar-refractivity contribution in [2.75, 3.05) is 11.9 Å². The lowest BCUT2D eigenvalue weighted by Crippen LogP contribution is -2.13. The molecule has 1 amide bonds. The van der Waals surface area contributed by atoms with Gasteiger partial charge in [0.05, 0.1) is 11.5 Å². The molecule has 0 aliphatic carbocycles. The standard InChI is InChI=1S/C36H54N2O6/c1-2-3-4-5-6-7-8-9-10-11-12-13-14-15-16-17-20-31-22-24-32(25-23-31)37-35(39)21-18-19-30-43-36(40)44-34-28-26-33(27-29-34)38(41)42/h22-29H,2-21,30H2,1H3,(H,37,39). The minimum absolute atomic E-state index is 0.0796. The number of rotatable bonds is 25. The molecule has 0 saturated heterocycles. The number of anilines is 1. The predicted octanol–water partition coefficient (Wildman–Crippen LogP) is 10.7. The number of carbonyl (C=O) groups is 2. The number of carbonyl (C=O) groups excluding carboxylic acids is 2. The number of non-ortho nitro benzene ring substituents is 1. The van der Waals surface area contributed by atoms with Crippen LogP contribution in [0.25, 0.3) is 0 Å². The summed E-state index contributed by atoms with van der Waals surface area (Å²) >= 11 is 0. The highest BCUT2D eigenvalue weighted by molar-refractivity contribution is 5.90. The molecule has 0 heterocycles. The molecule has 1 N–H and O–H groups in total. The Hall–Kier alpha value is -3.42. The summed E-state index contributed by atoms with van der Waals surface area (Å²) in [4.78, 5) is 34.1. The Bertz CT molecular complexity index is 1060. The number of hydrogen-bond donors (Lipinski definition) is 1. The molecule has 0 saturated carbocycles. The van der Waals surface area contributed by atoms with Crippen molar-refractivity contribution in [3.8, 4) is 5.75 Å². The van der Waals surface area contributed by atoms with Crippen molar-refractivity contribution in [1.29, 1.82) is 0 Å². The van der Waals surface area contributed by atoms with Gasteiger partial charge in [0, 0.05) is 24.2 Å². The van der Waals surface area contributed by atoms with Gasteiger partial charge in [-0.1, -0.05) is 115 Å². The van der Waals surface area contributed by atoms with Gasteiger partial charge in [-0.3, -0.25) is 14.9 Å². The Morgan fingerprint density at radius 3 is 1.73 bits per heavy atom. The van der Waals surface area contributed by atoms with Gasteiger partial charge in [-0.05, 0) is 55.5 Å². The first-order valence-electron chi connectivity index (χ1n) is 17.0. The molecule has 0 aliphatic heterocycles. The third-order valence-corrected chi connectivity index (χ3v) is 7.82. The molecule has 244 valence electrons. The van der Waals surface area contributed by atoms with E-state index in [0.717, 1.165) is 12.1 Å². The molecule has 8 nitrogen and oxygen atoms in total. The molecule has 0 aromatic heterocycles. The summed E-state index contributed by atoms with van der Waals surface area (Å²) in [6, 6.07) is 13.2. The molecule has 8 heteroatoms. The maximum Gasteiger partial charge on any atom is 0.513 e. The summed E-state index contributed by atoms with van der Waals surface area (Å²) in [7, 11) is 0. The van der Waals surface area contributed by atoms with Crippen LogP contribution in [0.15, 0.2) is 48.5 Å². The highest BCUT2D eigenvalue weighted by atomic mass is 16.7. The molecular formula is C36H54N2O6. The van der Waals surface area contributed by atoms with Crippen molar-refractivity contribution in [1.82, 2.24) is 0 Å². The fraction of sp³-hybridized carbons (Fsp3) is 0.611. The Morgan fingerprint density at radius 1 is 0.682 bits per heavy atom. The molecule has 0 unspecified atom stereocenters. The van der Waals surface area contributed by atoms with E-state index >= 15 is 0 Å². The molecule has 0 aliphatic rings. The second-order valence-corrected chi connectivity index (χ2v) is 11.7. The minimum Gasteiger partial charge on any atom is -0.434 e. The van der Waals surface area contributed by atoms with Crippen LogP contribution in [0.1, 0.15) is 134 Å². The lowest BCUT2D eigenvalue weighted by molar-refractivity contribution is -0.384. The first-order chi connectivity index (χ1) is 21.5. The van der Waals surface area contributed by atoms with Crippen molar-refractivity contribution in [3.05, 3.63) is 64.2 Å². The van der Waals surface area contributed by atoms with E-state index in [1.165, 1.54) is 133 Å². The second-order valence-electron chi connectivity index (χ2n) is 11.7. The number of benzene rings is 2. The van der Waals surface area contributed by atoms with Crippen LogP contribution in [-0.2, 0) is 16.0 Å². The summed E-state index contributed by atoms with van der Waals surface area (Å²) < 4.78 is 9.98. The van der Waals surface area contributed by atoms with Gasteiger partial charge in [0.2, 0.25) is 5.91 Å². The molecule has 2 aromatic rings. The Kier molecular flexibility index (Phi) is 20.0. The average molecular weight is 611 g/mol. The zero-order valence-corrected chi connectivity index (χ0v) is 26.9. The van der Waals surface area contributed by atoms with Gasteiger partial charge in [0.1, 0.15) is 5.75 Å². The SMILES string of the molecule is CCCCCCCCCCCCCCCCCCc1ccc(NC(=O)CCCCOC(=O)Oc2ccc([N+](=O)[O-])cc2)cc1. The topological polar surface area (TPSA) is 108 Å². The Labute approximate surface area is 264 Å². The number of nitrogens with one attached hydrogen (secondary N) is 1. The second kappa shape index (κ2) is 24.0. The van der Waals surface area contributed by atoms with Crippen LogP contribution in [0.3, 0.4) is 0 Å². The van der Waals surface area contributed by atoms with E-state index in [9.17, 15) is 19.7 Å². The van der Waals surface area contributed by atoms with Crippen LogP contribution in [0.4, 0.5) is 16.2 Å². The van der Waals surface area contributed by atoms with Crippen molar-refractivity contribution in [3.63, 3.8) is 0 Å². The normalized spacial score (nSPS) is 10.8. The summed E-state index contributed by atoms with van der Waals surface area (Å²) in [5.74, 6) is 0.0834. The molecule has 0 bridgehead atoms. The molecule has 2 rings (SSSR count). The highest BCUT2D eigenvalue weighted by Crippen LogP contribution is 2.18. The van der Waals surface area contributed by atoms with Gasteiger partial charge in [0.25, 0.3) is 5.69 Å². The summed E-state index contributed by atoms with van der Waals surface area (Å²) in [5, 5.41) is 13.6. The number of nitrogens with zero attached hydrogens (tertiary/aromatic N) is 1. The molecule has 0 atom stereocenters. The zero-order chi connectivity index (χ0) is 31.7. The van der Waals surface area contributed by atoms with E-state index in [1.54, 1.807) is 0 Å². The van der Waals surface area contributed by atoms with Gasteiger partial charge in [0.15, 0.2) is 0 Å². The molecule has 0 radical (unpaired) electrons. The number of aryl methyl sites for hydroxylation is 1. The minimum atomic E-state index is -0.886. The zero-order valence-electron chi connectivity index (χ0n) is 26.9. The van der Waals surface area contributed by atoms with Crippen molar-refractivity contribution in [2.24, 2.45) is 0 Å². The quantitative estimate of drug-likeness (QED) is 0.0394. The van der Waals surface area contributed by atoms with Crippen LogP contribution < -0.4 is 10.1 Å². The fourth-order valence-corrected chi connectivity index (χ4v) is 5.16. The van der Waals surface area contributed by atoms with E-state index in [-0.39, 0.29) is 24.0 Å². The van der Waals surface area contributed by atoms with E-state index in [1.807, 2.05) is 12.1 Å². The van der Waals surface area contributed by atoms with Gasteiger partial charge < -0.3 is 14.8 Å². The van der Waals surface area contributed by atoms with E-state index in [0.29, 0.717) is 19.3 Å². The maximum absolute atomic E-state index is 12.3. The van der Waals surface area contributed by atoms with Crippen LogP contribution in [0.5, 0.6) is 5.75 Å². The molecule has 44 heavy (non-hydrogen) atoms. The average Bonchev–Trinajstić information content (AvgIpc) is 3.01. The predicted molar refractivity (Wildman–Crippen MR) is 177 cm³/mol. The Morgan fingerprint density at radius 2 is 1.20 bits per heavy atom.